The van der Waals surface area contributed by atoms with Crippen LogP contribution in [-0.2, 0) is 4.79 Å². The van der Waals surface area contributed by atoms with Gasteiger partial charge >= 0.3 is 0 Å². The van der Waals surface area contributed by atoms with Crippen LogP contribution in [0.5, 0.6) is 0 Å². The van der Waals surface area contributed by atoms with Crippen LogP contribution in [0.3, 0.4) is 0 Å². The number of nitrogens with one attached hydrogen (secondary N) is 1. The molecule has 1 atom stereocenters. The van der Waals surface area contributed by atoms with E-state index in [0.717, 1.165) is 5.70 Å². The summed E-state index contributed by atoms with van der Waals surface area (Å²) in [7, 11) is 0. The van der Waals surface area contributed by atoms with Gasteiger partial charge in [0, 0.05) is 5.70 Å². The number of amides is 1. The summed E-state index contributed by atoms with van der Waals surface area (Å²) in [6.07, 6.45) is 5.96. The minimum atomic E-state index is 0.00231. The molecule has 14 heavy (non-hydrogen) atoms. The maximum absolute atomic E-state index is 11.8. The van der Waals surface area contributed by atoms with Gasteiger partial charge in [-0.2, -0.15) is 0 Å². The van der Waals surface area contributed by atoms with E-state index >= 15 is 0 Å². The second kappa shape index (κ2) is 4.45. The zero-order valence-electron chi connectivity index (χ0n) is 9.37. The molecule has 0 bridgehead atoms. The minimum Gasteiger partial charge on any atom is -0.329 e. The van der Waals surface area contributed by atoms with Gasteiger partial charge in [-0.15, -0.1) is 0 Å². The molecule has 2 heteroatoms. The molecule has 0 fully saturated rings. The highest BCUT2D eigenvalue weighted by Crippen LogP contribution is 2.18. The molecule has 0 aromatic carbocycles. The number of hydrogen-bond donors (Lipinski definition) is 1. The predicted molar refractivity (Wildman–Crippen MR) is 58.5 cm³/mol. The van der Waals surface area contributed by atoms with E-state index < -0.39 is 0 Å². The number of rotatable bonds is 2. The lowest BCUT2D eigenvalue weighted by atomic mass is 9.95. The SMILES string of the molecule is CC(C)C1=CC=CC(C(C)C)C(=O)N1. The summed E-state index contributed by atoms with van der Waals surface area (Å²) < 4.78 is 0. The first-order chi connectivity index (χ1) is 6.52. The fraction of sp³-hybridized carbons (Fsp3) is 0.583. The van der Waals surface area contributed by atoms with E-state index in [0.29, 0.717) is 11.8 Å². The number of hydrogen-bond acceptors (Lipinski definition) is 1. The minimum absolute atomic E-state index is 0.00231. The lowest BCUT2D eigenvalue weighted by molar-refractivity contribution is -0.124. The Morgan fingerprint density at radius 1 is 1.29 bits per heavy atom. The van der Waals surface area contributed by atoms with Gasteiger partial charge in [0.1, 0.15) is 0 Å². The Bertz CT molecular complexity index is 274. The lowest BCUT2D eigenvalue weighted by Crippen LogP contribution is -2.32. The highest BCUT2D eigenvalue weighted by Gasteiger charge is 2.21. The third-order valence-electron chi connectivity index (χ3n) is 2.50. The van der Waals surface area contributed by atoms with Gasteiger partial charge in [-0.05, 0) is 17.9 Å². The summed E-state index contributed by atoms with van der Waals surface area (Å²) in [4.78, 5) is 11.8. The molecule has 1 amide bonds. The van der Waals surface area contributed by atoms with Gasteiger partial charge in [0.15, 0.2) is 0 Å². The van der Waals surface area contributed by atoms with E-state index in [1.165, 1.54) is 0 Å². The molecule has 0 radical (unpaired) electrons. The topological polar surface area (TPSA) is 29.1 Å². The summed E-state index contributed by atoms with van der Waals surface area (Å²) in [6.45, 7) is 8.29. The van der Waals surface area contributed by atoms with Gasteiger partial charge in [0.2, 0.25) is 5.91 Å². The average Bonchev–Trinajstić information content (AvgIpc) is 2.26. The van der Waals surface area contributed by atoms with Gasteiger partial charge in [-0.3, -0.25) is 4.79 Å². The van der Waals surface area contributed by atoms with Crippen LogP contribution in [0, 0.1) is 17.8 Å². The van der Waals surface area contributed by atoms with Gasteiger partial charge in [-0.25, -0.2) is 0 Å². The molecule has 0 aromatic rings. The third kappa shape index (κ3) is 2.47. The smallest absolute Gasteiger partial charge is 0.231 e. The molecular formula is C12H19NO. The van der Waals surface area contributed by atoms with Crippen molar-refractivity contribution >= 4 is 5.91 Å². The molecule has 0 spiro atoms. The van der Waals surface area contributed by atoms with Crippen LogP contribution in [0.4, 0.5) is 0 Å². The molecule has 1 unspecified atom stereocenters. The van der Waals surface area contributed by atoms with Crippen molar-refractivity contribution in [3.8, 4) is 0 Å². The van der Waals surface area contributed by atoms with E-state index in [2.05, 4.69) is 33.0 Å². The van der Waals surface area contributed by atoms with Gasteiger partial charge in [0.05, 0.1) is 5.92 Å². The van der Waals surface area contributed by atoms with Crippen LogP contribution >= 0.6 is 0 Å². The number of carbonyl (C=O) groups is 1. The van der Waals surface area contributed by atoms with Crippen molar-refractivity contribution in [3.63, 3.8) is 0 Å². The Balaban J connectivity index is 2.79. The summed E-state index contributed by atoms with van der Waals surface area (Å²) in [5, 5.41) is 2.97. The first-order valence-electron chi connectivity index (χ1n) is 5.21. The lowest BCUT2D eigenvalue weighted by Gasteiger charge is -2.17. The van der Waals surface area contributed by atoms with Crippen LogP contribution in [0.15, 0.2) is 23.9 Å². The fourth-order valence-corrected chi connectivity index (χ4v) is 1.50. The second-order valence-corrected chi connectivity index (χ2v) is 4.42. The molecule has 1 heterocycles. The van der Waals surface area contributed by atoms with E-state index in [4.69, 9.17) is 0 Å². The van der Waals surface area contributed by atoms with Crippen molar-refractivity contribution in [2.24, 2.45) is 17.8 Å². The monoisotopic (exact) mass is 193 g/mol. The quantitative estimate of drug-likeness (QED) is 0.717. The fourth-order valence-electron chi connectivity index (χ4n) is 1.50. The molecule has 0 saturated heterocycles. The zero-order chi connectivity index (χ0) is 10.7. The van der Waals surface area contributed by atoms with Crippen molar-refractivity contribution in [3.05, 3.63) is 23.9 Å². The van der Waals surface area contributed by atoms with E-state index in [9.17, 15) is 4.79 Å². The Kier molecular flexibility index (Phi) is 3.50. The molecule has 1 N–H and O–H groups in total. The van der Waals surface area contributed by atoms with Crippen LogP contribution in [0.25, 0.3) is 0 Å². The maximum atomic E-state index is 11.8. The van der Waals surface area contributed by atoms with Gasteiger partial charge < -0.3 is 5.32 Å². The Morgan fingerprint density at radius 2 is 1.93 bits per heavy atom. The van der Waals surface area contributed by atoms with E-state index in [1.54, 1.807) is 0 Å². The first-order valence-corrected chi connectivity index (χ1v) is 5.21. The Labute approximate surface area is 86.1 Å². The Morgan fingerprint density at radius 3 is 2.43 bits per heavy atom. The molecule has 1 aliphatic heterocycles. The molecule has 0 aromatic heterocycles. The molecule has 1 aliphatic rings. The molecule has 2 nitrogen and oxygen atoms in total. The van der Waals surface area contributed by atoms with Crippen LogP contribution in [0.1, 0.15) is 27.7 Å². The van der Waals surface area contributed by atoms with Crippen molar-refractivity contribution < 1.29 is 4.79 Å². The predicted octanol–water partition coefficient (Wildman–Crippen LogP) is 2.48. The summed E-state index contributed by atoms with van der Waals surface area (Å²) in [6, 6.07) is 0. The van der Waals surface area contributed by atoms with Crippen LogP contribution < -0.4 is 5.32 Å². The third-order valence-corrected chi connectivity index (χ3v) is 2.50. The summed E-state index contributed by atoms with van der Waals surface area (Å²) in [5.41, 5.74) is 1.01. The van der Waals surface area contributed by atoms with Crippen molar-refractivity contribution in [2.45, 2.75) is 27.7 Å². The van der Waals surface area contributed by atoms with E-state index in [-0.39, 0.29) is 11.8 Å². The van der Waals surface area contributed by atoms with Crippen LogP contribution in [0.2, 0.25) is 0 Å². The largest absolute Gasteiger partial charge is 0.329 e. The van der Waals surface area contributed by atoms with Gasteiger partial charge in [-0.1, -0.05) is 39.8 Å². The zero-order valence-corrected chi connectivity index (χ0v) is 9.37. The standard InChI is InChI=1S/C12H19NO/c1-8(2)10-6-5-7-11(9(3)4)13-12(10)14/h5-10H,1-4H3,(H,13,14). The van der Waals surface area contributed by atoms with Crippen molar-refractivity contribution in [1.82, 2.24) is 5.32 Å². The molecule has 1 rings (SSSR count). The normalized spacial score (nSPS) is 22.3. The molecule has 0 saturated carbocycles. The summed E-state index contributed by atoms with van der Waals surface area (Å²) in [5.74, 6) is 0.844. The highest BCUT2D eigenvalue weighted by atomic mass is 16.1. The average molecular weight is 193 g/mol. The molecule has 78 valence electrons. The van der Waals surface area contributed by atoms with Crippen molar-refractivity contribution in [2.75, 3.05) is 0 Å². The second-order valence-electron chi connectivity index (χ2n) is 4.42. The number of allylic oxidation sites excluding steroid dienone is 3. The van der Waals surface area contributed by atoms with Crippen molar-refractivity contribution in [1.29, 1.82) is 0 Å². The summed E-state index contributed by atoms with van der Waals surface area (Å²) >= 11 is 0. The Hall–Kier alpha value is -1.05. The molecule has 0 aliphatic carbocycles. The maximum Gasteiger partial charge on any atom is 0.231 e. The molecular weight excluding hydrogens is 174 g/mol. The highest BCUT2D eigenvalue weighted by molar-refractivity contribution is 5.83. The van der Waals surface area contributed by atoms with Gasteiger partial charge in [0.25, 0.3) is 0 Å². The first kappa shape index (κ1) is 11.0. The van der Waals surface area contributed by atoms with E-state index in [1.807, 2.05) is 18.2 Å². The van der Waals surface area contributed by atoms with Crippen LogP contribution in [-0.4, -0.2) is 5.91 Å². The number of carbonyl (C=O) groups excluding carboxylic acids is 1.